The first-order chi connectivity index (χ1) is 6.77. The maximum atomic E-state index is 5.35. The van der Waals surface area contributed by atoms with Gasteiger partial charge in [-0.15, -0.1) is 11.3 Å². The van der Waals surface area contributed by atoms with Gasteiger partial charge in [-0.25, -0.2) is 4.98 Å². The average molecular weight is 211 g/mol. The summed E-state index contributed by atoms with van der Waals surface area (Å²) in [5.74, 6) is 1.27. The summed E-state index contributed by atoms with van der Waals surface area (Å²) in [6.45, 7) is 6.26. The summed E-state index contributed by atoms with van der Waals surface area (Å²) in [4.78, 5) is 5.93. The van der Waals surface area contributed by atoms with Gasteiger partial charge in [-0.3, -0.25) is 0 Å². The van der Waals surface area contributed by atoms with Crippen molar-refractivity contribution in [2.24, 2.45) is 0 Å². The zero-order valence-electron chi connectivity index (χ0n) is 8.82. The van der Waals surface area contributed by atoms with Crippen molar-refractivity contribution in [2.75, 3.05) is 13.2 Å². The van der Waals surface area contributed by atoms with Crippen LogP contribution in [0.15, 0.2) is 6.20 Å². The Balaban J connectivity index is 2.07. The second-order valence-electron chi connectivity index (χ2n) is 4.14. The van der Waals surface area contributed by atoms with Gasteiger partial charge in [0.05, 0.1) is 5.01 Å². The normalized spacial score (nSPS) is 19.1. The third kappa shape index (κ3) is 2.15. The van der Waals surface area contributed by atoms with Crippen molar-refractivity contribution in [3.8, 4) is 0 Å². The van der Waals surface area contributed by atoms with Gasteiger partial charge in [0.1, 0.15) is 0 Å². The molecule has 0 amide bonds. The molecule has 2 nitrogen and oxygen atoms in total. The Hall–Kier alpha value is -0.410. The Bertz CT molecular complexity index is 289. The molecular formula is C11H17NOS. The van der Waals surface area contributed by atoms with E-state index >= 15 is 0 Å². The average Bonchev–Trinajstić information content (AvgIpc) is 2.68. The lowest BCUT2D eigenvalue weighted by Gasteiger charge is -2.19. The maximum absolute atomic E-state index is 5.35. The fourth-order valence-corrected chi connectivity index (χ4v) is 2.79. The SMILES string of the molecule is CC(C)c1cnc(C2CCOCC2)s1. The van der Waals surface area contributed by atoms with Crippen LogP contribution >= 0.6 is 11.3 Å². The Morgan fingerprint density at radius 2 is 2.14 bits per heavy atom. The number of hydrogen-bond acceptors (Lipinski definition) is 3. The second kappa shape index (κ2) is 4.41. The van der Waals surface area contributed by atoms with Crippen molar-refractivity contribution in [3.05, 3.63) is 16.1 Å². The van der Waals surface area contributed by atoms with Gasteiger partial charge >= 0.3 is 0 Å². The number of aromatic nitrogens is 1. The molecule has 0 saturated carbocycles. The lowest BCUT2D eigenvalue weighted by atomic mass is 10.0. The molecule has 0 unspecified atom stereocenters. The quantitative estimate of drug-likeness (QED) is 0.749. The van der Waals surface area contributed by atoms with Crippen LogP contribution in [-0.2, 0) is 4.74 Å². The number of thiazole rings is 1. The first kappa shape index (κ1) is 10.1. The minimum atomic E-state index is 0.612. The monoisotopic (exact) mass is 211 g/mol. The molecule has 0 atom stereocenters. The number of nitrogens with zero attached hydrogens (tertiary/aromatic N) is 1. The molecule has 1 aliphatic heterocycles. The lowest BCUT2D eigenvalue weighted by molar-refractivity contribution is 0.0853. The minimum absolute atomic E-state index is 0.612. The highest BCUT2D eigenvalue weighted by Gasteiger charge is 2.19. The van der Waals surface area contributed by atoms with Gasteiger partial charge < -0.3 is 4.74 Å². The van der Waals surface area contributed by atoms with Crippen molar-refractivity contribution in [2.45, 2.75) is 38.5 Å². The Labute approximate surface area is 89.3 Å². The van der Waals surface area contributed by atoms with Crippen molar-refractivity contribution in [3.63, 3.8) is 0 Å². The van der Waals surface area contributed by atoms with E-state index in [0.29, 0.717) is 11.8 Å². The molecule has 0 aromatic carbocycles. The molecule has 1 fully saturated rings. The number of rotatable bonds is 2. The van der Waals surface area contributed by atoms with Gasteiger partial charge in [0.2, 0.25) is 0 Å². The van der Waals surface area contributed by atoms with Crippen LogP contribution in [0.2, 0.25) is 0 Å². The molecule has 0 aliphatic carbocycles. The summed E-state index contributed by atoms with van der Waals surface area (Å²) in [5.41, 5.74) is 0. The Morgan fingerprint density at radius 1 is 1.43 bits per heavy atom. The molecule has 1 saturated heterocycles. The molecule has 1 aromatic heterocycles. The van der Waals surface area contributed by atoms with Crippen LogP contribution in [0.5, 0.6) is 0 Å². The molecule has 3 heteroatoms. The Kier molecular flexibility index (Phi) is 3.19. The van der Waals surface area contributed by atoms with E-state index in [1.54, 1.807) is 0 Å². The molecule has 14 heavy (non-hydrogen) atoms. The van der Waals surface area contributed by atoms with Crippen molar-refractivity contribution in [1.29, 1.82) is 0 Å². The van der Waals surface area contributed by atoms with Crippen LogP contribution in [0.1, 0.15) is 48.4 Å². The summed E-state index contributed by atoms with van der Waals surface area (Å²) in [7, 11) is 0. The van der Waals surface area contributed by atoms with Gasteiger partial charge in [-0.2, -0.15) is 0 Å². The molecule has 0 spiro atoms. The minimum Gasteiger partial charge on any atom is -0.381 e. The van der Waals surface area contributed by atoms with Gasteiger partial charge in [-0.05, 0) is 18.8 Å². The third-order valence-corrected chi connectivity index (χ3v) is 4.14. The molecule has 2 heterocycles. The maximum Gasteiger partial charge on any atom is 0.0960 e. The zero-order chi connectivity index (χ0) is 9.97. The smallest absolute Gasteiger partial charge is 0.0960 e. The van der Waals surface area contributed by atoms with Gasteiger partial charge in [0.25, 0.3) is 0 Å². The van der Waals surface area contributed by atoms with E-state index in [9.17, 15) is 0 Å². The van der Waals surface area contributed by atoms with Gasteiger partial charge in [0.15, 0.2) is 0 Å². The van der Waals surface area contributed by atoms with Gasteiger partial charge in [0, 0.05) is 30.2 Å². The van der Waals surface area contributed by atoms with Crippen LogP contribution in [0.25, 0.3) is 0 Å². The van der Waals surface area contributed by atoms with E-state index < -0.39 is 0 Å². The zero-order valence-corrected chi connectivity index (χ0v) is 9.64. The van der Waals surface area contributed by atoms with Crippen LogP contribution in [-0.4, -0.2) is 18.2 Å². The summed E-state index contributed by atoms with van der Waals surface area (Å²) in [6, 6.07) is 0. The first-order valence-corrected chi connectivity index (χ1v) is 6.12. The standard InChI is InChI=1S/C11H17NOS/c1-8(2)10-7-12-11(14-10)9-3-5-13-6-4-9/h7-9H,3-6H2,1-2H3. The topological polar surface area (TPSA) is 22.1 Å². The second-order valence-corrected chi connectivity index (χ2v) is 5.24. The molecule has 1 aliphatic rings. The molecule has 0 N–H and O–H groups in total. The summed E-state index contributed by atoms with van der Waals surface area (Å²) >= 11 is 1.88. The largest absolute Gasteiger partial charge is 0.381 e. The highest BCUT2D eigenvalue weighted by atomic mass is 32.1. The van der Waals surface area contributed by atoms with Crippen molar-refractivity contribution in [1.82, 2.24) is 4.98 Å². The molecule has 0 bridgehead atoms. The summed E-state index contributed by atoms with van der Waals surface area (Å²) in [5, 5.41) is 1.32. The van der Waals surface area contributed by atoms with E-state index in [2.05, 4.69) is 18.8 Å². The summed E-state index contributed by atoms with van der Waals surface area (Å²) in [6.07, 6.45) is 4.33. The summed E-state index contributed by atoms with van der Waals surface area (Å²) < 4.78 is 5.35. The third-order valence-electron chi connectivity index (χ3n) is 2.68. The predicted molar refractivity (Wildman–Crippen MR) is 59.0 cm³/mol. The first-order valence-electron chi connectivity index (χ1n) is 5.30. The van der Waals surface area contributed by atoms with Crippen molar-refractivity contribution < 1.29 is 4.74 Å². The molecule has 1 aromatic rings. The van der Waals surface area contributed by atoms with E-state index in [1.165, 1.54) is 9.88 Å². The molecule has 0 radical (unpaired) electrons. The Morgan fingerprint density at radius 3 is 2.71 bits per heavy atom. The van der Waals surface area contributed by atoms with E-state index in [-0.39, 0.29) is 0 Å². The highest BCUT2D eigenvalue weighted by Crippen LogP contribution is 2.32. The fourth-order valence-electron chi connectivity index (χ4n) is 1.70. The van der Waals surface area contributed by atoms with Crippen LogP contribution in [0.3, 0.4) is 0 Å². The molecular weight excluding hydrogens is 194 g/mol. The van der Waals surface area contributed by atoms with E-state index in [0.717, 1.165) is 26.1 Å². The van der Waals surface area contributed by atoms with Crippen LogP contribution in [0, 0.1) is 0 Å². The fraction of sp³-hybridized carbons (Fsp3) is 0.727. The number of hydrogen-bond donors (Lipinski definition) is 0. The number of ether oxygens (including phenoxy) is 1. The molecule has 78 valence electrons. The van der Waals surface area contributed by atoms with Crippen LogP contribution < -0.4 is 0 Å². The van der Waals surface area contributed by atoms with E-state index in [1.807, 2.05) is 17.5 Å². The van der Waals surface area contributed by atoms with E-state index in [4.69, 9.17) is 4.74 Å². The van der Waals surface area contributed by atoms with Crippen molar-refractivity contribution >= 4 is 11.3 Å². The van der Waals surface area contributed by atoms with Gasteiger partial charge in [-0.1, -0.05) is 13.8 Å². The molecule has 2 rings (SSSR count). The van der Waals surface area contributed by atoms with Crippen LogP contribution in [0.4, 0.5) is 0 Å². The highest BCUT2D eigenvalue weighted by molar-refractivity contribution is 7.11. The lowest BCUT2D eigenvalue weighted by Crippen LogP contribution is -2.13. The predicted octanol–water partition coefficient (Wildman–Crippen LogP) is 3.16.